The van der Waals surface area contributed by atoms with Crippen molar-refractivity contribution in [3.63, 3.8) is 0 Å². The van der Waals surface area contributed by atoms with Gasteiger partial charge in [0, 0.05) is 22.1 Å². The lowest BCUT2D eigenvalue weighted by atomic mass is 9.47. The van der Waals surface area contributed by atoms with Gasteiger partial charge in [0.2, 0.25) is 0 Å². The third kappa shape index (κ3) is 1.51. The molecule has 1 saturated carbocycles. The molecule has 1 heterocycles. The molecule has 0 aromatic heterocycles. The molecule has 1 spiro atoms. The zero-order chi connectivity index (χ0) is 15.2. The number of ether oxygens (including phenoxy) is 1. The van der Waals surface area contributed by atoms with E-state index in [2.05, 4.69) is 45.7 Å². The Labute approximate surface area is 137 Å². The Morgan fingerprint density at radius 2 is 1.70 bits per heavy atom. The molecule has 5 heteroatoms. The van der Waals surface area contributed by atoms with Crippen molar-refractivity contribution < 1.29 is 14.9 Å². The molecule has 114 valence electrons. The summed E-state index contributed by atoms with van der Waals surface area (Å²) in [4.78, 5) is -0.0676. The van der Waals surface area contributed by atoms with Gasteiger partial charge in [-0.1, -0.05) is 35.9 Å². The van der Waals surface area contributed by atoms with Gasteiger partial charge in [-0.15, -0.1) is 0 Å². The van der Waals surface area contributed by atoms with Crippen LogP contribution in [-0.4, -0.2) is 36.9 Å². The van der Waals surface area contributed by atoms with E-state index >= 15 is 0 Å². The second-order valence-corrected chi connectivity index (χ2v) is 9.85. The maximum atomic E-state index is 11.1. The molecule has 0 aromatic carbocycles. The molecule has 2 aliphatic carbocycles. The monoisotopic (exact) mass is 408 g/mol. The number of alkyl halides is 2. The van der Waals surface area contributed by atoms with Crippen molar-refractivity contribution in [2.24, 2.45) is 10.8 Å². The summed E-state index contributed by atoms with van der Waals surface area (Å²) in [5.74, 6) is 0. The Morgan fingerprint density at radius 1 is 1.10 bits per heavy atom. The fourth-order valence-corrected chi connectivity index (χ4v) is 6.01. The second kappa shape index (κ2) is 3.91. The number of halogens is 2. The minimum absolute atomic E-state index is 0.0676. The van der Waals surface area contributed by atoms with Crippen LogP contribution in [0.1, 0.15) is 40.5 Å². The first-order valence-electron chi connectivity index (χ1n) is 7.06. The summed E-state index contributed by atoms with van der Waals surface area (Å²) in [5.41, 5.74) is -2.51. The third-order valence-electron chi connectivity index (χ3n) is 6.13. The van der Waals surface area contributed by atoms with Gasteiger partial charge in [-0.25, -0.2) is 0 Å². The normalized spacial score (nSPS) is 60.4. The van der Waals surface area contributed by atoms with Crippen LogP contribution in [0.4, 0.5) is 0 Å². The topological polar surface area (TPSA) is 49.7 Å². The Balaban J connectivity index is 2.21. The highest BCUT2D eigenvalue weighted by molar-refractivity contribution is 9.10. The first kappa shape index (κ1) is 15.5. The summed E-state index contributed by atoms with van der Waals surface area (Å²) in [6, 6.07) is 0. The van der Waals surface area contributed by atoms with Gasteiger partial charge in [0.15, 0.2) is 0 Å². The van der Waals surface area contributed by atoms with Crippen LogP contribution in [0.5, 0.6) is 0 Å². The van der Waals surface area contributed by atoms with Crippen LogP contribution in [0, 0.1) is 10.8 Å². The third-order valence-corrected chi connectivity index (χ3v) is 8.88. The summed E-state index contributed by atoms with van der Waals surface area (Å²) in [6.45, 7) is 7.97. The van der Waals surface area contributed by atoms with Crippen molar-refractivity contribution in [2.45, 2.75) is 67.2 Å². The lowest BCUT2D eigenvalue weighted by molar-refractivity contribution is -0.161. The average Bonchev–Trinajstić information content (AvgIpc) is 2.37. The smallest absolute Gasteiger partial charge is 0.147 e. The Kier molecular flexibility index (Phi) is 3.03. The predicted octanol–water partition coefficient (Wildman–Crippen LogP) is 3.12. The molecule has 2 bridgehead atoms. The minimum atomic E-state index is -0.961. The van der Waals surface area contributed by atoms with E-state index in [9.17, 15) is 10.2 Å². The van der Waals surface area contributed by atoms with Crippen LogP contribution in [0.25, 0.3) is 0 Å². The van der Waals surface area contributed by atoms with E-state index in [4.69, 9.17) is 4.74 Å². The van der Waals surface area contributed by atoms with E-state index in [0.29, 0.717) is 12.8 Å². The Bertz CT molecular complexity index is 486. The lowest BCUT2D eigenvalue weighted by Gasteiger charge is -2.59. The van der Waals surface area contributed by atoms with Crippen molar-refractivity contribution in [1.29, 1.82) is 0 Å². The first-order chi connectivity index (χ1) is 8.90. The van der Waals surface area contributed by atoms with Crippen molar-refractivity contribution in [1.82, 2.24) is 0 Å². The molecule has 2 N–H and O–H groups in total. The molecular weight excluding hydrogens is 388 g/mol. The molecule has 6 atom stereocenters. The summed E-state index contributed by atoms with van der Waals surface area (Å²) >= 11 is 7.37. The van der Waals surface area contributed by atoms with E-state index in [1.165, 1.54) is 0 Å². The Hall–Kier alpha value is 0.580. The molecule has 0 amide bonds. The van der Waals surface area contributed by atoms with E-state index in [-0.39, 0.29) is 16.3 Å². The van der Waals surface area contributed by atoms with E-state index in [1.54, 1.807) is 0 Å². The highest BCUT2D eigenvalue weighted by Gasteiger charge is 2.76. The van der Waals surface area contributed by atoms with Crippen LogP contribution in [0.15, 0.2) is 12.2 Å². The molecule has 3 rings (SSSR count). The molecule has 3 aliphatic rings. The van der Waals surface area contributed by atoms with Crippen molar-refractivity contribution in [2.75, 3.05) is 0 Å². The molecule has 6 unspecified atom stereocenters. The fourth-order valence-electron chi connectivity index (χ4n) is 4.60. The number of hydrogen-bond acceptors (Lipinski definition) is 3. The molecular formula is C15H22Br2O3. The van der Waals surface area contributed by atoms with Crippen molar-refractivity contribution in [3.8, 4) is 0 Å². The van der Waals surface area contributed by atoms with Gasteiger partial charge in [0.05, 0.1) is 17.3 Å². The van der Waals surface area contributed by atoms with Crippen molar-refractivity contribution >= 4 is 31.9 Å². The molecule has 0 aromatic rings. The highest BCUT2D eigenvalue weighted by Crippen LogP contribution is 2.72. The van der Waals surface area contributed by atoms with Gasteiger partial charge in [0.25, 0.3) is 0 Å². The maximum absolute atomic E-state index is 11.1. The summed E-state index contributed by atoms with van der Waals surface area (Å²) < 4.78 is 5.71. The van der Waals surface area contributed by atoms with Gasteiger partial charge in [-0.2, -0.15) is 0 Å². The van der Waals surface area contributed by atoms with Crippen LogP contribution >= 0.6 is 31.9 Å². The summed E-state index contributed by atoms with van der Waals surface area (Å²) in [5, 5.41) is 21.7. The quantitative estimate of drug-likeness (QED) is 0.477. The van der Waals surface area contributed by atoms with Crippen LogP contribution in [-0.2, 0) is 4.74 Å². The molecule has 1 saturated heterocycles. The Morgan fingerprint density at radius 3 is 2.30 bits per heavy atom. The van der Waals surface area contributed by atoms with Crippen molar-refractivity contribution in [3.05, 3.63) is 12.2 Å². The molecule has 0 radical (unpaired) electrons. The first-order valence-corrected chi connectivity index (χ1v) is 8.76. The highest BCUT2D eigenvalue weighted by atomic mass is 79.9. The van der Waals surface area contributed by atoms with Gasteiger partial charge < -0.3 is 14.9 Å². The standard InChI is InChI=1S/C15H22Br2O3/c1-11(2)14-7-9(16)12(3,18)8-10(14)20-15(11,17)6-5-13(14,4)19/h5-6,9-10,18-19H,7-8H2,1-4H3. The van der Waals surface area contributed by atoms with E-state index in [0.717, 1.165) is 0 Å². The molecule has 3 nitrogen and oxygen atoms in total. The summed E-state index contributed by atoms with van der Waals surface area (Å²) in [7, 11) is 0. The SMILES string of the molecule is CC1(O)CC2OC3(Br)C=CC(C)(O)C2(CC1Br)C3(C)C. The second-order valence-electron chi connectivity index (χ2n) is 7.56. The van der Waals surface area contributed by atoms with E-state index < -0.39 is 21.1 Å². The van der Waals surface area contributed by atoms with Gasteiger partial charge in [0.1, 0.15) is 4.51 Å². The number of aliphatic hydroxyl groups is 2. The maximum Gasteiger partial charge on any atom is 0.147 e. The largest absolute Gasteiger partial charge is 0.389 e. The van der Waals surface area contributed by atoms with Crippen LogP contribution in [0.2, 0.25) is 0 Å². The number of hydrogen-bond donors (Lipinski definition) is 2. The minimum Gasteiger partial charge on any atom is -0.389 e. The van der Waals surface area contributed by atoms with Crippen LogP contribution in [0.3, 0.4) is 0 Å². The van der Waals surface area contributed by atoms with E-state index in [1.807, 2.05) is 26.0 Å². The van der Waals surface area contributed by atoms with Gasteiger partial charge in [-0.3, -0.25) is 0 Å². The predicted molar refractivity (Wildman–Crippen MR) is 85.1 cm³/mol. The summed E-state index contributed by atoms with van der Waals surface area (Å²) in [6.07, 6.45) is 4.77. The fraction of sp³-hybridized carbons (Fsp3) is 0.867. The molecule has 20 heavy (non-hydrogen) atoms. The zero-order valence-corrected chi connectivity index (χ0v) is 15.5. The lowest BCUT2D eigenvalue weighted by Crippen LogP contribution is -2.66. The number of fused-ring (bicyclic) bond motifs is 1. The van der Waals surface area contributed by atoms with Gasteiger partial charge in [-0.05, 0) is 42.3 Å². The average molecular weight is 410 g/mol. The number of rotatable bonds is 0. The van der Waals surface area contributed by atoms with Crippen LogP contribution < -0.4 is 0 Å². The van der Waals surface area contributed by atoms with Gasteiger partial charge >= 0.3 is 0 Å². The molecule has 2 fully saturated rings. The zero-order valence-electron chi connectivity index (χ0n) is 12.3. The molecule has 1 aliphatic heterocycles.